The third-order valence-electron chi connectivity index (χ3n) is 2.45. The molecule has 0 aliphatic carbocycles. The zero-order chi connectivity index (χ0) is 7.14. The lowest BCUT2D eigenvalue weighted by Gasteiger charge is -2.16. The summed E-state index contributed by atoms with van der Waals surface area (Å²) in [5.74, 6) is 0.227. The van der Waals surface area contributed by atoms with Crippen LogP contribution in [-0.4, -0.2) is 29.6 Å². The van der Waals surface area contributed by atoms with Gasteiger partial charge in [-0.25, -0.2) is 0 Å². The molecule has 2 heterocycles. The van der Waals surface area contributed by atoms with E-state index >= 15 is 0 Å². The Kier molecular flexibility index (Phi) is 1.20. The van der Waals surface area contributed by atoms with Gasteiger partial charge in [0.05, 0.1) is 12.2 Å². The summed E-state index contributed by atoms with van der Waals surface area (Å²) in [6.07, 6.45) is 2.51. The van der Waals surface area contributed by atoms with Crippen molar-refractivity contribution < 1.29 is 4.79 Å². The van der Waals surface area contributed by atoms with E-state index < -0.39 is 0 Å². The zero-order valence-electron chi connectivity index (χ0n) is 6.13. The van der Waals surface area contributed by atoms with Gasteiger partial charge in [0.25, 0.3) is 0 Å². The largest absolute Gasteiger partial charge is 0.339 e. The third kappa shape index (κ3) is 0.669. The van der Waals surface area contributed by atoms with Crippen LogP contribution in [0.3, 0.4) is 0 Å². The summed E-state index contributed by atoms with van der Waals surface area (Å²) in [6.45, 7) is 3.13. The van der Waals surface area contributed by atoms with Crippen molar-refractivity contribution in [3.8, 4) is 0 Å². The Hall–Kier alpha value is -0.570. The van der Waals surface area contributed by atoms with E-state index in [-0.39, 0.29) is 18.1 Å². The number of hydrogen-bond acceptors (Lipinski definition) is 2. The molecule has 56 valence electrons. The van der Waals surface area contributed by atoms with Crippen LogP contribution in [0.5, 0.6) is 0 Å². The number of carbonyl (C=O) groups excluding carboxylic acids is 1. The van der Waals surface area contributed by atoms with Gasteiger partial charge in [0.15, 0.2) is 0 Å². The van der Waals surface area contributed by atoms with Crippen LogP contribution in [0.1, 0.15) is 19.8 Å². The molecule has 1 amide bonds. The Balaban J connectivity index is 2.19. The Labute approximate surface area is 60.4 Å². The minimum Gasteiger partial charge on any atom is -0.339 e. The maximum absolute atomic E-state index is 11.1. The van der Waals surface area contributed by atoms with Crippen molar-refractivity contribution in [2.75, 3.05) is 6.54 Å². The molecule has 2 rings (SSSR count). The predicted octanol–water partition coefficient (Wildman–Crippen LogP) is -0.0734. The molecule has 0 saturated carbocycles. The summed E-state index contributed by atoms with van der Waals surface area (Å²) in [7, 11) is 0. The zero-order valence-corrected chi connectivity index (χ0v) is 6.13. The standard InChI is InChI=1S/C7H12N2O/c1-5-8-7(10)6-3-2-4-9(5)6/h5-6H,2-4H2,1H3,(H,8,10)/t5-,6+/m1/s1. The normalized spacial score (nSPS) is 39.9. The highest BCUT2D eigenvalue weighted by Gasteiger charge is 2.39. The van der Waals surface area contributed by atoms with Gasteiger partial charge < -0.3 is 5.32 Å². The molecular weight excluding hydrogens is 128 g/mol. The molecule has 3 nitrogen and oxygen atoms in total. The molecule has 3 heteroatoms. The summed E-state index contributed by atoms with van der Waals surface area (Å²) >= 11 is 0. The van der Waals surface area contributed by atoms with E-state index in [0.717, 1.165) is 13.0 Å². The molecule has 0 aromatic heterocycles. The summed E-state index contributed by atoms with van der Waals surface area (Å²) in [4.78, 5) is 13.4. The lowest BCUT2D eigenvalue weighted by molar-refractivity contribution is -0.121. The molecule has 0 aromatic carbocycles. The van der Waals surface area contributed by atoms with Crippen molar-refractivity contribution in [2.24, 2.45) is 0 Å². The van der Waals surface area contributed by atoms with E-state index in [2.05, 4.69) is 10.2 Å². The highest BCUT2D eigenvalue weighted by atomic mass is 16.2. The summed E-state index contributed by atoms with van der Waals surface area (Å²) in [6, 6.07) is 0.204. The van der Waals surface area contributed by atoms with Crippen LogP contribution in [-0.2, 0) is 4.79 Å². The van der Waals surface area contributed by atoms with Crippen molar-refractivity contribution >= 4 is 5.91 Å². The van der Waals surface area contributed by atoms with Gasteiger partial charge in [-0.2, -0.15) is 0 Å². The number of hydrogen-bond donors (Lipinski definition) is 1. The quantitative estimate of drug-likeness (QED) is 0.510. The van der Waals surface area contributed by atoms with Gasteiger partial charge in [-0.1, -0.05) is 0 Å². The van der Waals surface area contributed by atoms with Crippen LogP contribution in [0.15, 0.2) is 0 Å². The van der Waals surface area contributed by atoms with E-state index in [4.69, 9.17) is 0 Å². The highest BCUT2D eigenvalue weighted by molar-refractivity contribution is 5.84. The van der Waals surface area contributed by atoms with Crippen LogP contribution >= 0.6 is 0 Å². The fourth-order valence-corrected chi connectivity index (χ4v) is 1.92. The summed E-state index contributed by atoms with van der Waals surface area (Å²) in [5.41, 5.74) is 0. The van der Waals surface area contributed by atoms with Gasteiger partial charge in [0, 0.05) is 6.54 Å². The second-order valence-corrected chi connectivity index (χ2v) is 3.08. The van der Waals surface area contributed by atoms with Gasteiger partial charge in [-0.15, -0.1) is 0 Å². The maximum Gasteiger partial charge on any atom is 0.238 e. The van der Waals surface area contributed by atoms with Crippen LogP contribution in [0.2, 0.25) is 0 Å². The predicted molar refractivity (Wildman–Crippen MR) is 37.3 cm³/mol. The fourth-order valence-electron chi connectivity index (χ4n) is 1.92. The molecule has 10 heavy (non-hydrogen) atoms. The van der Waals surface area contributed by atoms with E-state index in [0.29, 0.717) is 0 Å². The molecule has 2 aliphatic rings. The van der Waals surface area contributed by atoms with Crippen molar-refractivity contribution in [1.82, 2.24) is 10.2 Å². The van der Waals surface area contributed by atoms with Gasteiger partial charge in [0.1, 0.15) is 0 Å². The molecule has 2 atom stereocenters. The lowest BCUT2D eigenvalue weighted by Crippen LogP contribution is -2.32. The molecule has 0 radical (unpaired) electrons. The van der Waals surface area contributed by atoms with Gasteiger partial charge >= 0.3 is 0 Å². The molecule has 0 spiro atoms. The SMILES string of the molecule is C[C@@H]1NC(=O)[C@@H]2CCCN12. The first-order valence-electron chi connectivity index (χ1n) is 3.85. The molecule has 0 bridgehead atoms. The third-order valence-corrected chi connectivity index (χ3v) is 2.45. The van der Waals surface area contributed by atoms with Gasteiger partial charge in [0.2, 0.25) is 5.91 Å². The monoisotopic (exact) mass is 140 g/mol. The molecular formula is C7H12N2O. The van der Waals surface area contributed by atoms with Gasteiger partial charge in [-0.05, 0) is 19.8 Å². The average Bonchev–Trinajstić information content (AvgIpc) is 2.39. The second kappa shape index (κ2) is 1.95. The Morgan fingerprint density at radius 1 is 1.70 bits per heavy atom. The van der Waals surface area contributed by atoms with Crippen LogP contribution in [0.25, 0.3) is 0 Å². The Bertz CT molecular complexity index is 169. The van der Waals surface area contributed by atoms with Crippen LogP contribution in [0, 0.1) is 0 Å². The Morgan fingerprint density at radius 3 is 3.20 bits per heavy atom. The molecule has 2 fully saturated rings. The van der Waals surface area contributed by atoms with Crippen LogP contribution in [0.4, 0.5) is 0 Å². The fraction of sp³-hybridized carbons (Fsp3) is 0.857. The number of nitrogens with zero attached hydrogens (tertiary/aromatic N) is 1. The summed E-state index contributed by atoms with van der Waals surface area (Å²) < 4.78 is 0. The first-order chi connectivity index (χ1) is 4.79. The highest BCUT2D eigenvalue weighted by Crippen LogP contribution is 2.23. The molecule has 0 unspecified atom stereocenters. The van der Waals surface area contributed by atoms with Gasteiger partial charge in [-0.3, -0.25) is 9.69 Å². The Morgan fingerprint density at radius 2 is 2.50 bits per heavy atom. The van der Waals surface area contributed by atoms with Crippen molar-refractivity contribution in [3.63, 3.8) is 0 Å². The van der Waals surface area contributed by atoms with E-state index in [1.54, 1.807) is 0 Å². The van der Waals surface area contributed by atoms with Crippen molar-refractivity contribution in [3.05, 3.63) is 0 Å². The van der Waals surface area contributed by atoms with E-state index in [9.17, 15) is 4.79 Å². The lowest BCUT2D eigenvalue weighted by atomic mass is 10.2. The minimum absolute atomic E-state index is 0.204. The number of amides is 1. The first-order valence-corrected chi connectivity index (χ1v) is 3.85. The van der Waals surface area contributed by atoms with Crippen LogP contribution < -0.4 is 5.32 Å². The summed E-state index contributed by atoms with van der Waals surface area (Å²) in [5, 5.41) is 2.91. The first kappa shape index (κ1) is 6.16. The molecule has 2 aliphatic heterocycles. The number of fused-ring (bicyclic) bond motifs is 1. The topological polar surface area (TPSA) is 32.3 Å². The maximum atomic E-state index is 11.1. The molecule has 0 aromatic rings. The average molecular weight is 140 g/mol. The second-order valence-electron chi connectivity index (χ2n) is 3.08. The smallest absolute Gasteiger partial charge is 0.238 e. The minimum atomic E-state index is 0.204. The van der Waals surface area contributed by atoms with E-state index in [1.807, 2.05) is 6.92 Å². The van der Waals surface area contributed by atoms with Crippen molar-refractivity contribution in [2.45, 2.75) is 32.0 Å². The van der Waals surface area contributed by atoms with E-state index in [1.165, 1.54) is 6.42 Å². The van der Waals surface area contributed by atoms with Crippen molar-refractivity contribution in [1.29, 1.82) is 0 Å². The number of nitrogens with one attached hydrogen (secondary N) is 1. The molecule has 1 N–H and O–H groups in total. The number of carbonyl (C=O) groups is 1. The number of rotatable bonds is 0. The molecule has 2 saturated heterocycles.